The van der Waals surface area contributed by atoms with E-state index in [1.54, 1.807) is 0 Å². The van der Waals surface area contributed by atoms with Gasteiger partial charge in [0.25, 0.3) is 0 Å². The van der Waals surface area contributed by atoms with Gasteiger partial charge in [0.05, 0.1) is 6.04 Å². The number of fused-ring (bicyclic) bond motifs is 6. The molecule has 0 spiro atoms. The summed E-state index contributed by atoms with van der Waals surface area (Å²) in [6.07, 6.45) is 6.24. The molecule has 0 fully saturated rings. The fourth-order valence-electron chi connectivity index (χ4n) is 4.72. The van der Waals surface area contributed by atoms with Crippen molar-refractivity contribution >= 4 is 27.1 Å². The standard InChI is InChI=1S/C29H25N/c1-4-10-26-21(5-2)27-24-13-8-6-11-22(24)23-12-7-9-14-25(23)28(27)29(30-26)20-17-15-19(3)16-18-20/h4-18,29-30H,2H2,1,3H3/b10-4-. The lowest BCUT2D eigenvalue weighted by molar-refractivity contribution is 0.700. The first kappa shape index (κ1) is 18.4. The second kappa shape index (κ2) is 7.35. The van der Waals surface area contributed by atoms with Gasteiger partial charge < -0.3 is 5.32 Å². The van der Waals surface area contributed by atoms with Crippen molar-refractivity contribution in [2.75, 3.05) is 0 Å². The lowest BCUT2D eigenvalue weighted by Gasteiger charge is -2.33. The van der Waals surface area contributed by atoms with Gasteiger partial charge >= 0.3 is 0 Å². The van der Waals surface area contributed by atoms with Crippen molar-refractivity contribution in [1.29, 1.82) is 0 Å². The Morgan fingerprint density at radius 1 is 0.800 bits per heavy atom. The van der Waals surface area contributed by atoms with Crippen LogP contribution in [0.3, 0.4) is 0 Å². The summed E-state index contributed by atoms with van der Waals surface area (Å²) in [4.78, 5) is 0. The zero-order valence-corrected chi connectivity index (χ0v) is 17.4. The molecule has 0 saturated heterocycles. The van der Waals surface area contributed by atoms with Crippen molar-refractivity contribution in [3.05, 3.63) is 126 Å². The summed E-state index contributed by atoms with van der Waals surface area (Å²) >= 11 is 0. The predicted octanol–water partition coefficient (Wildman–Crippen LogP) is 7.47. The summed E-state index contributed by atoms with van der Waals surface area (Å²) < 4.78 is 0. The molecule has 0 saturated carbocycles. The Balaban J connectivity index is 1.97. The van der Waals surface area contributed by atoms with Gasteiger partial charge in [-0.15, -0.1) is 0 Å². The second-order valence-corrected chi connectivity index (χ2v) is 7.90. The van der Waals surface area contributed by atoms with Crippen LogP contribution in [-0.2, 0) is 0 Å². The number of rotatable bonds is 3. The van der Waals surface area contributed by atoms with Crippen LogP contribution >= 0.6 is 0 Å². The van der Waals surface area contributed by atoms with Gasteiger partial charge in [-0.3, -0.25) is 0 Å². The smallest absolute Gasteiger partial charge is 0.0779 e. The molecule has 146 valence electrons. The molecule has 0 bridgehead atoms. The molecule has 1 N–H and O–H groups in total. The molecule has 5 rings (SSSR count). The third-order valence-electron chi connectivity index (χ3n) is 6.07. The van der Waals surface area contributed by atoms with Gasteiger partial charge in [-0.2, -0.15) is 0 Å². The van der Waals surface area contributed by atoms with Gasteiger partial charge in [-0.25, -0.2) is 0 Å². The average molecular weight is 388 g/mol. The molecule has 0 amide bonds. The Morgan fingerprint density at radius 2 is 1.40 bits per heavy atom. The molecule has 1 unspecified atom stereocenters. The highest BCUT2D eigenvalue weighted by Crippen LogP contribution is 2.45. The van der Waals surface area contributed by atoms with Gasteiger partial charge in [-0.05, 0) is 58.2 Å². The predicted molar refractivity (Wildman–Crippen MR) is 130 cm³/mol. The maximum atomic E-state index is 4.18. The first-order valence-electron chi connectivity index (χ1n) is 10.5. The van der Waals surface area contributed by atoms with E-state index < -0.39 is 0 Å². The zero-order chi connectivity index (χ0) is 20.7. The number of hydrogen-bond donors (Lipinski definition) is 1. The monoisotopic (exact) mass is 387 g/mol. The van der Waals surface area contributed by atoms with Crippen LogP contribution in [0.4, 0.5) is 0 Å². The van der Waals surface area contributed by atoms with Crippen molar-refractivity contribution in [2.45, 2.75) is 19.9 Å². The first-order chi connectivity index (χ1) is 14.7. The van der Waals surface area contributed by atoms with Crippen LogP contribution in [0.1, 0.15) is 35.2 Å². The Kier molecular flexibility index (Phi) is 4.52. The van der Waals surface area contributed by atoms with Crippen molar-refractivity contribution in [3.63, 3.8) is 0 Å². The maximum Gasteiger partial charge on any atom is 0.0779 e. The SMILES string of the molecule is C=CC1=C(/C=C\C)NC(c2ccc(C)cc2)c2c1c1ccccc1c1ccccc21. The van der Waals surface area contributed by atoms with Crippen molar-refractivity contribution < 1.29 is 0 Å². The van der Waals surface area contributed by atoms with E-state index in [1.807, 2.05) is 6.08 Å². The van der Waals surface area contributed by atoms with Crippen LogP contribution in [0.25, 0.3) is 27.1 Å². The van der Waals surface area contributed by atoms with Gasteiger partial charge in [0, 0.05) is 11.3 Å². The zero-order valence-electron chi connectivity index (χ0n) is 17.4. The van der Waals surface area contributed by atoms with Crippen LogP contribution < -0.4 is 5.32 Å². The van der Waals surface area contributed by atoms with Crippen molar-refractivity contribution in [1.82, 2.24) is 5.32 Å². The third kappa shape index (κ3) is 2.78. The Hall–Kier alpha value is -3.58. The fourth-order valence-corrected chi connectivity index (χ4v) is 4.72. The summed E-state index contributed by atoms with van der Waals surface area (Å²) in [7, 11) is 0. The molecular weight excluding hydrogens is 362 g/mol. The average Bonchev–Trinajstić information content (AvgIpc) is 2.79. The molecule has 0 aromatic heterocycles. The van der Waals surface area contributed by atoms with Crippen LogP contribution in [0.2, 0.25) is 0 Å². The minimum atomic E-state index is 0.0741. The lowest BCUT2D eigenvalue weighted by atomic mass is 9.80. The highest BCUT2D eigenvalue weighted by molar-refractivity contribution is 6.15. The minimum Gasteiger partial charge on any atom is -0.374 e. The molecule has 1 atom stereocenters. The first-order valence-corrected chi connectivity index (χ1v) is 10.5. The lowest BCUT2D eigenvalue weighted by Crippen LogP contribution is -2.27. The molecule has 4 aromatic rings. The molecule has 1 heterocycles. The largest absolute Gasteiger partial charge is 0.374 e. The number of aryl methyl sites for hydroxylation is 1. The van der Waals surface area contributed by atoms with E-state index in [0.717, 1.165) is 11.3 Å². The molecule has 1 aliphatic rings. The molecular formula is C29H25N. The highest BCUT2D eigenvalue weighted by Gasteiger charge is 2.29. The quantitative estimate of drug-likeness (QED) is 0.360. The molecule has 1 aliphatic heterocycles. The third-order valence-corrected chi connectivity index (χ3v) is 6.07. The van der Waals surface area contributed by atoms with Crippen LogP contribution in [0.15, 0.2) is 103 Å². The molecule has 0 aliphatic carbocycles. The Morgan fingerprint density at radius 3 is 2.03 bits per heavy atom. The summed E-state index contributed by atoms with van der Waals surface area (Å²) in [6, 6.07) is 26.5. The Bertz CT molecular complexity index is 1340. The van der Waals surface area contributed by atoms with E-state index in [9.17, 15) is 0 Å². The van der Waals surface area contributed by atoms with E-state index in [1.165, 1.54) is 43.8 Å². The molecule has 0 radical (unpaired) electrons. The van der Waals surface area contributed by atoms with Gasteiger partial charge in [0.15, 0.2) is 0 Å². The number of benzene rings is 4. The number of allylic oxidation sites excluding steroid dienone is 4. The summed E-state index contributed by atoms with van der Waals surface area (Å²) in [6.45, 7) is 8.37. The molecule has 30 heavy (non-hydrogen) atoms. The van der Waals surface area contributed by atoms with Crippen molar-refractivity contribution in [3.8, 4) is 0 Å². The van der Waals surface area contributed by atoms with E-state index in [2.05, 4.69) is 111 Å². The number of nitrogens with one attached hydrogen (secondary N) is 1. The molecule has 1 heteroatoms. The Labute approximate surface area is 178 Å². The van der Waals surface area contributed by atoms with Gasteiger partial charge in [-0.1, -0.05) is 97.1 Å². The minimum absolute atomic E-state index is 0.0741. The van der Waals surface area contributed by atoms with Gasteiger partial charge in [0.1, 0.15) is 0 Å². The second-order valence-electron chi connectivity index (χ2n) is 7.90. The van der Waals surface area contributed by atoms with E-state index in [0.29, 0.717) is 0 Å². The van der Waals surface area contributed by atoms with E-state index >= 15 is 0 Å². The summed E-state index contributed by atoms with van der Waals surface area (Å²) in [5.74, 6) is 0. The van der Waals surface area contributed by atoms with Gasteiger partial charge in [0.2, 0.25) is 0 Å². The molecule has 4 aromatic carbocycles. The molecule has 1 nitrogen and oxygen atoms in total. The highest BCUT2D eigenvalue weighted by atomic mass is 14.9. The normalized spacial score (nSPS) is 16.1. The van der Waals surface area contributed by atoms with Crippen LogP contribution in [0, 0.1) is 6.92 Å². The fraction of sp³-hybridized carbons (Fsp3) is 0.103. The van der Waals surface area contributed by atoms with Crippen LogP contribution in [0.5, 0.6) is 0 Å². The maximum absolute atomic E-state index is 4.18. The van der Waals surface area contributed by atoms with E-state index in [-0.39, 0.29) is 6.04 Å². The number of hydrogen-bond acceptors (Lipinski definition) is 1. The van der Waals surface area contributed by atoms with E-state index in [4.69, 9.17) is 0 Å². The topological polar surface area (TPSA) is 12.0 Å². The summed E-state index contributed by atoms with van der Waals surface area (Å²) in [5, 5.41) is 8.98. The summed E-state index contributed by atoms with van der Waals surface area (Å²) in [5.41, 5.74) is 7.44. The van der Waals surface area contributed by atoms with Crippen molar-refractivity contribution in [2.24, 2.45) is 0 Å². The van der Waals surface area contributed by atoms with Crippen LogP contribution in [-0.4, -0.2) is 0 Å².